The van der Waals surface area contributed by atoms with E-state index in [1.807, 2.05) is 11.8 Å². The molecule has 0 saturated heterocycles. The third-order valence-corrected chi connectivity index (χ3v) is 4.01. The molecule has 0 unspecified atom stereocenters. The minimum Gasteiger partial charge on any atom is -0.303 e. The molecule has 0 saturated carbocycles. The third kappa shape index (κ3) is 4.58. The maximum Gasteiger partial charge on any atom is 0.0108 e. The summed E-state index contributed by atoms with van der Waals surface area (Å²) in [6.45, 7) is 5.72. The van der Waals surface area contributed by atoms with E-state index in [1.54, 1.807) is 0 Å². The molecule has 0 atom stereocenters. The zero-order chi connectivity index (χ0) is 11.8. The zero-order valence-electron chi connectivity index (χ0n) is 10.6. The third-order valence-electron chi connectivity index (χ3n) is 3.02. The van der Waals surface area contributed by atoms with Gasteiger partial charge in [0, 0.05) is 23.2 Å². The molecule has 1 nitrogen and oxygen atoms in total. The molecule has 0 bridgehead atoms. The van der Waals surface area contributed by atoms with Crippen molar-refractivity contribution in [3.05, 3.63) is 30.3 Å². The Hall–Kier alpha value is -0.470. The molecule has 0 N–H and O–H groups in total. The van der Waals surface area contributed by atoms with Crippen LogP contribution in [0.1, 0.15) is 26.7 Å². The first-order valence-electron chi connectivity index (χ1n) is 6.16. The second kappa shape index (κ2) is 7.75. The molecule has 90 valence electrons. The van der Waals surface area contributed by atoms with Crippen LogP contribution in [0.2, 0.25) is 0 Å². The molecule has 0 fully saturated rings. The van der Waals surface area contributed by atoms with Gasteiger partial charge in [-0.05, 0) is 32.0 Å². The summed E-state index contributed by atoms with van der Waals surface area (Å²) in [5.74, 6) is 1.18. The van der Waals surface area contributed by atoms with E-state index in [9.17, 15) is 0 Å². The molecule has 0 heterocycles. The quantitative estimate of drug-likeness (QED) is 0.662. The van der Waals surface area contributed by atoms with Crippen LogP contribution in [0.4, 0.5) is 0 Å². The standard InChI is InChI=1S/C14H23NS/c1-4-13(5-2)15(3)11-12-16-14-9-7-6-8-10-14/h6-10,13H,4-5,11-12H2,1-3H3. The van der Waals surface area contributed by atoms with E-state index in [1.165, 1.54) is 30.0 Å². The Kier molecular flexibility index (Phi) is 6.58. The Morgan fingerprint density at radius 1 is 1.12 bits per heavy atom. The van der Waals surface area contributed by atoms with Crippen LogP contribution in [-0.2, 0) is 0 Å². The molecule has 0 aliphatic rings. The molecule has 0 radical (unpaired) electrons. The van der Waals surface area contributed by atoms with E-state index in [-0.39, 0.29) is 0 Å². The van der Waals surface area contributed by atoms with Crippen LogP contribution in [0.3, 0.4) is 0 Å². The molecular weight excluding hydrogens is 214 g/mol. The van der Waals surface area contributed by atoms with Crippen molar-refractivity contribution in [1.29, 1.82) is 0 Å². The van der Waals surface area contributed by atoms with Crippen molar-refractivity contribution in [2.75, 3.05) is 19.3 Å². The monoisotopic (exact) mass is 237 g/mol. The first-order valence-corrected chi connectivity index (χ1v) is 7.14. The Morgan fingerprint density at radius 2 is 1.75 bits per heavy atom. The minimum atomic E-state index is 0.747. The number of rotatable bonds is 7. The maximum absolute atomic E-state index is 2.48. The topological polar surface area (TPSA) is 3.24 Å². The molecule has 0 spiro atoms. The summed E-state index contributed by atoms with van der Waals surface area (Å²) in [6.07, 6.45) is 2.51. The van der Waals surface area contributed by atoms with Crippen molar-refractivity contribution >= 4 is 11.8 Å². The van der Waals surface area contributed by atoms with Gasteiger partial charge in [0.15, 0.2) is 0 Å². The minimum absolute atomic E-state index is 0.747. The van der Waals surface area contributed by atoms with Crippen LogP contribution in [0, 0.1) is 0 Å². The predicted molar refractivity (Wildman–Crippen MR) is 74.2 cm³/mol. The highest BCUT2D eigenvalue weighted by Gasteiger charge is 2.09. The van der Waals surface area contributed by atoms with Crippen LogP contribution in [0.15, 0.2) is 35.2 Å². The maximum atomic E-state index is 2.48. The average molecular weight is 237 g/mol. The average Bonchev–Trinajstić information content (AvgIpc) is 2.32. The molecule has 1 aromatic carbocycles. The van der Waals surface area contributed by atoms with Crippen LogP contribution in [-0.4, -0.2) is 30.3 Å². The highest BCUT2D eigenvalue weighted by atomic mass is 32.2. The van der Waals surface area contributed by atoms with Gasteiger partial charge in [-0.15, -0.1) is 11.8 Å². The largest absolute Gasteiger partial charge is 0.303 e. The number of hydrogen-bond acceptors (Lipinski definition) is 2. The lowest BCUT2D eigenvalue weighted by molar-refractivity contribution is 0.243. The summed E-state index contributed by atoms with van der Waals surface area (Å²) in [5.41, 5.74) is 0. The molecule has 1 aromatic rings. The Morgan fingerprint density at radius 3 is 2.31 bits per heavy atom. The highest BCUT2D eigenvalue weighted by molar-refractivity contribution is 7.99. The second-order valence-corrected chi connectivity index (χ2v) is 5.28. The molecule has 0 aliphatic heterocycles. The van der Waals surface area contributed by atoms with E-state index < -0.39 is 0 Å². The Labute approximate surface area is 104 Å². The first kappa shape index (κ1) is 13.6. The summed E-state index contributed by atoms with van der Waals surface area (Å²) < 4.78 is 0. The lowest BCUT2D eigenvalue weighted by Crippen LogP contribution is -2.32. The predicted octanol–water partition coefficient (Wildman–Crippen LogP) is 3.90. The Balaban J connectivity index is 2.25. The van der Waals surface area contributed by atoms with Gasteiger partial charge in [-0.25, -0.2) is 0 Å². The van der Waals surface area contributed by atoms with E-state index in [4.69, 9.17) is 0 Å². The van der Waals surface area contributed by atoms with Gasteiger partial charge < -0.3 is 4.90 Å². The lowest BCUT2D eigenvalue weighted by atomic mass is 10.1. The summed E-state index contributed by atoms with van der Waals surface area (Å²) in [6, 6.07) is 11.4. The fraction of sp³-hybridized carbons (Fsp3) is 0.571. The number of benzene rings is 1. The van der Waals surface area contributed by atoms with Gasteiger partial charge in [-0.2, -0.15) is 0 Å². The SMILES string of the molecule is CCC(CC)N(C)CCSc1ccccc1. The van der Waals surface area contributed by atoms with Crippen LogP contribution < -0.4 is 0 Å². The summed E-state index contributed by atoms with van der Waals surface area (Å²) in [7, 11) is 2.24. The molecular formula is C14H23NS. The van der Waals surface area contributed by atoms with E-state index in [0.717, 1.165) is 6.04 Å². The van der Waals surface area contributed by atoms with Crippen molar-refractivity contribution in [3.63, 3.8) is 0 Å². The van der Waals surface area contributed by atoms with Gasteiger partial charge in [-0.3, -0.25) is 0 Å². The number of nitrogens with zero attached hydrogens (tertiary/aromatic N) is 1. The highest BCUT2D eigenvalue weighted by Crippen LogP contribution is 2.17. The fourth-order valence-electron chi connectivity index (χ4n) is 1.92. The van der Waals surface area contributed by atoms with Crippen LogP contribution in [0.25, 0.3) is 0 Å². The molecule has 16 heavy (non-hydrogen) atoms. The van der Waals surface area contributed by atoms with Crippen LogP contribution >= 0.6 is 11.8 Å². The van der Waals surface area contributed by atoms with Crippen molar-refractivity contribution in [1.82, 2.24) is 4.90 Å². The Bertz CT molecular complexity index is 269. The van der Waals surface area contributed by atoms with Gasteiger partial charge in [0.2, 0.25) is 0 Å². The second-order valence-electron chi connectivity index (χ2n) is 4.11. The number of thioether (sulfide) groups is 1. The normalized spacial score (nSPS) is 11.3. The van der Waals surface area contributed by atoms with Gasteiger partial charge in [0.25, 0.3) is 0 Å². The molecule has 2 heteroatoms. The van der Waals surface area contributed by atoms with Gasteiger partial charge in [-0.1, -0.05) is 32.0 Å². The van der Waals surface area contributed by atoms with Crippen LogP contribution in [0.5, 0.6) is 0 Å². The smallest absolute Gasteiger partial charge is 0.0108 e. The molecule has 1 rings (SSSR count). The van der Waals surface area contributed by atoms with E-state index in [0.29, 0.717) is 0 Å². The molecule has 0 aromatic heterocycles. The molecule has 0 aliphatic carbocycles. The summed E-state index contributed by atoms with van der Waals surface area (Å²) in [5, 5.41) is 0. The van der Waals surface area contributed by atoms with Crippen molar-refractivity contribution in [3.8, 4) is 0 Å². The lowest BCUT2D eigenvalue weighted by Gasteiger charge is -2.25. The van der Waals surface area contributed by atoms with Gasteiger partial charge >= 0.3 is 0 Å². The van der Waals surface area contributed by atoms with Crippen molar-refractivity contribution in [2.45, 2.75) is 37.6 Å². The summed E-state index contributed by atoms with van der Waals surface area (Å²) in [4.78, 5) is 3.86. The van der Waals surface area contributed by atoms with Crippen molar-refractivity contribution < 1.29 is 0 Å². The zero-order valence-corrected chi connectivity index (χ0v) is 11.5. The number of hydrogen-bond donors (Lipinski definition) is 0. The van der Waals surface area contributed by atoms with Gasteiger partial charge in [0.05, 0.1) is 0 Å². The molecule has 0 amide bonds. The first-order chi connectivity index (χ1) is 7.77. The van der Waals surface area contributed by atoms with E-state index >= 15 is 0 Å². The van der Waals surface area contributed by atoms with E-state index in [2.05, 4.69) is 56.1 Å². The summed E-state index contributed by atoms with van der Waals surface area (Å²) >= 11 is 1.95. The van der Waals surface area contributed by atoms with Crippen molar-refractivity contribution in [2.24, 2.45) is 0 Å². The fourth-order valence-corrected chi connectivity index (χ4v) is 2.88. The van der Waals surface area contributed by atoms with Gasteiger partial charge in [0.1, 0.15) is 0 Å².